The van der Waals surface area contributed by atoms with E-state index in [-0.39, 0.29) is 18.6 Å². The highest BCUT2D eigenvalue weighted by Crippen LogP contribution is 2.18. The molecule has 1 rings (SSSR count). The van der Waals surface area contributed by atoms with Gasteiger partial charge in [-0.3, -0.25) is 9.69 Å². The van der Waals surface area contributed by atoms with Crippen molar-refractivity contribution in [3.8, 4) is 0 Å². The van der Waals surface area contributed by atoms with Crippen molar-refractivity contribution in [2.24, 2.45) is 0 Å². The number of hydrogen-bond acceptors (Lipinski definition) is 3. The van der Waals surface area contributed by atoms with Crippen LogP contribution in [-0.4, -0.2) is 41.7 Å². The molecular weight excluding hydrogens is 276 g/mol. The number of anilines is 1. The fourth-order valence-corrected chi connectivity index (χ4v) is 2.42. The first-order chi connectivity index (χ1) is 10.5. The van der Waals surface area contributed by atoms with Crippen LogP contribution in [0.4, 0.5) is 5.69 Å². The molecule has 0 spiro atoms. The molecule has 4 heteroatoms. The van der Waals surface area contributed by atoms with Gasteiger partial charge >= 0.3 is 0 Å². The maximum atomic E-state index is 12.5. The molecule has 0 fully saturated rings. The van der Waals surface area contributed by atoms with Crippen LogP contribution in [0, 0.1) is 13.8 Å². The summed E-state index contributed by atoms with van der Waals surface area (Å²) in [4.78, 5) is 14.7. The number of rotatable bonds is 9. The molecule has 0 aliphatic heterocycles. The van der Waals surface area contributed by atoms with Crippen LogP contribution in [0.1, 0.15) is 44.2 Å². The van der Waals surface area contributed by atoms with E-state index < -0.39 is 0 Å². The second kappa shape index (κ2) is 9.59. The van der Waals surface area contributed by atoms with Gasteiger partial charge in [0, 0.05) is 18.8 Å². The Bertz CT molecular complexity index is 466. The minimum Gasteiger partial charge on any atom is -0.396 e. The molecule has 0 heterocycles. The number of aryl methyl sites for hydroxylation is 1. The van der Waals surface area contributed by atoms with Gasteiger partial charge in [-0.25, -0.2) is 0 Å². The van der Waals surface area contributed by atoms with Crippen LogP contribution in [0.15, 0.2) is 18.2 Å². The Hall–Kier alpha value is -1.39. The standard InChI is InChI=1S/C18H30N2O2/c1-5-6-11-20(12-8-13-21)16(4)18(22)19-17-10-7-9-14(2)15(17)3/h7,9-10,16,21H,5-6,8,11-13H2,1-4H3,(H,19,22). The second-order valence-corrected chi connectivity index (χ2v) is 5.88. The van der Waals surface area contributed by atoms with Crippen molar-refractivity contribution in [3.63, 3.8) is 0 Å². The molecule has 0 aliphatic rings. The first kappa shape index (κ1) is 18.7. The molecule has 1 unspecified atom stereocenters. The number of hydrogen-bond donors (Lipinski definition) is 2. The normalized spacial score (nSPS) is 12.5. The van der Waals surface area contributed by atoms with Gasteiger partial charge in [0.1, 0.15) is 0 Å². The maximum Gasteiger partial charge on any atom is 0.241 e. The van der Waals surface area contributed by atoms with E-state index in [4.69, 9.17) is 5.11 Å². The lowest BCUT2D eigenvalue weighted by Crippen LogP contribution is -2.43. The van der Waals surface area contributed by atoms with Gasteiger partial charge in [-0.15, -0.1) is 0 Å². The van der Waals surface area contributed by atoms with Crippen LogP contribution in [0.2, 0.25) is 0 Å². The third-order valence-corrected chi connectivity index (χ3v) is 4.19. The highest BCUT2D eigenvalue weighted by molar-refractivity contribution is 5.95. The van der Waals surface area contributed by atoms with E-state index in [2.05, 4.69) is 17.1 Å². The zero-order valence-corrected chi connectivity index (χ0v) is 14.4. The Kier molecular flexibility index (Phi) is 8.13. The lowest BCUT2D eigenvalue weighted by molar-refractivity contribution is -0.120. The highest BCUT2D eigenvalue weighted by atomic mass is 16.3. The summed E-state index contributed by atoms with van der Waals surface area (Å²) in [5, 5.41) is 12.1. The lowest BCUT2D eigenvalue weighted by Gasteiger charge is -2.28. The first-order valence-electron chi connectivity index (χ1n) is 8.23. The van der Waals surface area contributed by atoms with Gasteiger partial charge in [-0.1, -0.05) is 25.5 Å². The third kappa shape index (κ3) is 5.43. The number of carbonyl (C=O) groups is 1. The number of nitrogens with zero attached hydrogens (tertiary/aromatic N) is 1. The van der Waals surface area contributed by atoms with Crippen molar-refractivity contribution in [1.82, 2.24) is 4.90 Å². The summed E-state index contributed by atoms with van der Waals surface area (Å²) in [5.74, 6) is 0.0164. The molecule has 1 aromatic rings. The second-order valence-electron chi connectivity index (χ2n) is 5.88. The Morgan fingerprint density at radius 1 is 1.27 bits per heavy atom. The molecule has 0 bridgehead atoms. The van der Waals surface area contributed by atoms with E-state index >= 15 is 0 Å². The van der Waals surface area contributed by atoms with E-state index in [1.807, 2.05) is 39.0 Å². The smallest absolute Gasteiger partial charge is 0.241 e. The highest BCUT2D eigenvalue weighted by Gasteiger charge is 2.21. The number of unbranched alkanes of at least 4 members (excludes halogenated alkanes) is 1. The largest absolute Gasteiger partial charge is 0.396 e. The predicted molar refractivity (Wildman–Crippen MR) is 92.2 cm³/mol. The summed E-state index contributed by atoms with van der Waals surface area (Å²) in [6, 6.07) is 5.75. The average molecular weight is 306 g/mol. The fraction of sp³-hybridized carbons (Fsp3) is 0.611. The Morgan fingerprint density at radius 2 is 1.95 bits per heavy atom. The summed E-state index contributed by atoms with van der Waals surface area (Å²) in [5.41, 5.74) is 3.17. The summed E-state index contributed by atoms with van der Waals surface area (Å²) in [6.45, 7) is 9.95. The zero-order chi connectivity index (χ0) is 16.5. The predicted octanol–water partition coefficient (Wildman–Crippen LogP) is 3.11. The molecule has 1 amide bonds. The molecule has 0 aliphatic carbocycles. The molecule has 22 heavy (non-hydrogen) atoms. The fourth-order valence-electron chi connectivity index (χ4n) is 2.42. The molecule has 0 saturated carbocycles. The minimum atomic E-state index is -0.196. The maximum absolute atomic E-state index is 12.5. The third-order valence-electron chi connectivity index (χ3n) is 4.19. The summed E-state index contributed by atoms with van der Waals surface area (Å²) >= 11 is 0. The Balaban J connectivity index is 2.73. The minimum absolute atomic E-state index is 0.0164. The molecule has 0 radical (unpaired) electrons. The topological polar surface area (TPSA) is 52.6 Å². The molecule has 1 atom stereocenters. The zero-order valence-electron chi connectivity index (χ0n) is 14.4. The molecule has 0 aromatic heterocycles. The monoisotopic (exact) mass is 306 g/mol. The van der Waals surface area contributed by atoms with Crippen LogP contribution in [-0.2, 0) is 4.79 Å². The Labute approximate surface area is 134 Å². The number of aliphatic hydroxyl groups is 1. The number of nitrogens with one attached hydrogen (secondary N) is 1. The molecule has 2 N–H and O–H groups in total. The van der Waals surface area contributed by atoms with Gasteiger partial charge in [0.25, 0.3) is 0 Å². The number of amides is 1. The summed E-state index contributed by atoms with van der Waals surface area (Å²) in [7, 11) is 0. The molecule has 1 aromatic carbocycles. The van der Waals surface area contributed by atoms with Gasteiger partial charge in [0.15, 0.2) is 0 Å². The lowest BCUT2D eigenvalue weighted by atomic mass is 10.1. The van der Waals surface area contributed by atoms with Crippen LogP contribution in [0.5, 0.6) is 0 Å². The molecule has 4 nitrogen and oxygen atoms in total. The molecule has 124 valence electrons. The Morgan fingerprint density at radius 3 is 2.59 bits per heavy atom. The van der Waals surface area contributed by atoms with Crippen molar-refractivity contribution < 1.29 is 9.90 Å². The van der Waals surface area contributed by atoms with Gasteiger partial charge in [-0.2, -0.15) is 0 Å². The van der Waals surface area contributed by atoms with E-state index in [0.717, 1.165) is 37.2 Å². The van der Waals surface area contributed by atoms with Crippen LogP contribution < -0.4 is 5.32 Å². The van der Waals surface area contributed by atoms with Gasteiger partial charge in [0.05, 0.1) is 6.04 Å². The van der Waals surface area contributed by atoms with Crippen LogP contribution >= 0.6 is 0 Å². The number of carbonyl (C=O) groups excluding carboxylic acids is 1. The first-order valence-corrected chi connectivity index (χ1v) is 8.23. The van der Waals surface area contributed by atoms with E-state index in [1.165, 1.54) is 5.56 Å². The quantitative estimate of drug-likeness (QED) is 0.737. The van der Waals surface area contributed by atoms with Crippen molar-refractivity contribution in [2.45, 2.75) is 53.0 Å². The van der Waals surface area contributed by atoms with E-state index in [9.17, 15) is 4.79 Å². The van der Waals surface area contributed by atoms with Crippen molar-refractivity contribution in [1.29, 1.82) is 0 Å². The van der Waals surface area contributed by atoms with E-state index in [0.29, 0.717) is 6.42 Å². The molecule has 0 saturated heterocycles. The summed E-state index contributed by atoms with van der Waals surface area (Å²) in [6.07, 6.45) is 2.86. The van der Waals surface area contributed by atoms with Gasteiger partial charge in [0.2, 0.25) is 5.91 Å². The van der Waals surface area contributed by atoms with Crippen LogP contribution in [0.25, 0.3) is 0 Å². The van der Waals surface area contributed by atoms with Crippen molar-refractivity contribution in [2.75, 3.05) is 25.0 Å². The van der Waals surface area contributed by atoms with Crippen LogP contribution in [0.3, 0.4) is 0 Å². The average Bonchev–Trinajstić information content (AvgIpc) is 2.51. The van der Waals surface area contributed by atoms with Crippen molar-refractivity contribution >= 4 is 11.6 Å². The van der Waals surface area contributed by atoms with E-state index in [1.54, 1.807) is 0 Å². The number of aliphatic hydroxyl groups excluding tert-OH is 1. The van der Waals surface area contributed by atoms with Gasteiger partial charge < -0.3 is 10.4 Å². The number of benzene rings is 1. The van der Waals surface area contributed by atoms with Crippen molar-refractivity contribution in [3.05, 3.63) is 29.3 Å². The molecular formula is C18H30N2O2. The summed E-state index contributed by atoms with van der Waals surface area (Å²) < 4.78 is 0. The SMILES string of the molecule is CCCCN(CCCO)C(C)C(=O)Nc1cccc(C)c1C. The van der Waals surface area contributed by atoms with Gasteiger partial charge in [-0.05, 0) is 57.4 Å².